The molecule has 1 saturated carbocycles. The first kappa shape index (κ1) is 14.4. The van der Waals surface area contributed by atoms with Crippen molar-refractivity contribution in [1.29, 1.82) is 0 Å². The lowest BCUT2D eigenvalue weighted by Crippen LogP contribution is -2.39. The second kappa shape index (κ2) is 5.14. The third-order valence-electron chi connectivity index (χ3n) is 5.10. The third kappa shape index (κ3) is 2.37. The fourth-order valence-electron chi connectivity index (χ4n) is 3.01. The Labute approximate surface area is 114 Å². The van der Waals surface area contributed by atoms with E-state index in [0.717, 1.165) is 19.3 Å². The Bertz CT molecular complexity index is 376. The van der Waals surface area contributed by atoms with Crippen LogP contribution >= 0.6 is 0 Å². The number of rotatable bonds is 4. The lowest BCUT2D eigenvalue weighted by Gasteiger charge is -2.31. The molecule has 0 aromatic heterocycles. The maximum Gasteiger partial charge on any atom is 0.348 e. The van der Waals surface area contributed by atoms with Crippen molar-refractivity contribution in [1.82, 2.24) is 0 Å². The quantitative estimate of drug-likeness (QED) is 0.736. The van der Waals surface area contributed by atoms with Crippen LogP contribution in [0.3, 0.4) is 0 Å². The van der Waals surface area contributed by atoms with Gasteiger partial charge in [-0.25, -0.2) is 4.79 Å². The Morgan fingerprint density at radius 1 is 1.47 bits per heavy atom. The summed E-state index contributed by atoms with van der Waals surface area (Å²) in [6.07, 6.45) is 2.87. The van der Waals surface area contributed by atoms with Crippen molar-refractivity contribution in [2.45, 2.75) is 65.6 Å². The first-order valence-corrected chi connectivity index (χ1v) is 7.31. The second-order valence-electron chi connectivity index (χ2n) is 6.32. The van der Waals surface area contributed by atoms with Crippen LogP contribution in [0.25, 0.3) is 0 Å². The highest BCUT2D eigenvalue weighted by atomic mass is 16.6. The molecule has 0 radical (unpaired) electrons. The molecule has 2 rings (SSSR count). The van der Waals surface area contributed by atoms with Crippen molar-refractivity contribution < 1.29 is 19.1 Å². The summed E-state index contributed by atoms with van der Waals surface area (Å²) in [5.41, 5.74) is -0.531. The van der Waals surface area contributed by atoms with Crippen molar-refractivity contribution in [2.75, 3.05) is 0 Å². The number of hydrogen-bond acceptors (Lipinski definition) is 4. The minimum absolute atomic E-state index is 0.0303. The first-order chi connectivity index (χ1) is 8.90. The molecule has 1 aliphatic carbocycles. The predicted molar refractivity (Wildman–Crippen MR) is 70.3 cm³/mol. The van der Waals surface area contributed by atoms with Crippen LogP contribution in [0, 0.1) is 17.3 Å². The largest absolute Gasteiger partial charge is 0.459 e. The van der Waals surface area contributed by atoms with E-state index in [9.17, 15) is 9.59 Å². The number of carbonyl (C=O) groups is 2. The maximum absolute atomic E-state index is 12.4. The van der Waals surface area contributed by atoms with Gasteiger partial charge in [0.05, 0.1) is 5.41 Å². The lowest BCUT2D eigenvalue weighted by molar-refractivity contribution is -0.172. The minimum Gasteiger partial charge on any atom is -0.459 e. The van der Waals surface area contributed by atoms with Crippen molar-refractivity contribution in [3.05, 3.63) is 0 Å². The molecule has 4 unspecified atom stereocenters. The van der Waals surface area contributed by atoms with E-state index in [4.69, 9.17) is 9.47 Å². The third-order valence-corrected chi connectivity index (χ3v) is 5.10. The molecule has 2 fully saturated rings. The summed E-state index contributed by atoms with van der Waals surface area (Å²) in [6.45, 7) is 7.91. The second-order valence-corrected chi connectivity index (χ2v) is 6.32. The molecule has 1 saturated heterocycles. The molecule has 1 heterocycles. The van der Waals surface area contributed by atoms with Gasteiger partial charge in [-0.1, -0.05) is 20.8 Å². The molecule has 2 aliphatic rings. The SMILES string of the molecule is CCC(C)(C(=O)OC1C(=O)OC2CCCC21)C(C)C. The average Bonchev–Trinajstić information content (AvgIpc) is 2.91. The summed E-state index contributed by atoms with van der Waals surface area (Å²) in [6, 6.07) is 0. The summed E-state index contributed by atoms with van der Waals surface area (Å²) in [5, 5.41) is 0. The van der Waals surface area contributed by atoms with Crippen LogP contribution in [-0.2, 0) is 19.1 Å². The van der Waals surface area contributed by atoms with Crippen molar-refractivity contribution >= 4 is 11.9 Å². The van der Waals surface area contributed by atoms with E-state index in [1.807, 2.05) is 27.7 Å². The molecule has 4 atom stereocenters. The molecular formula is C15H24O4. The van der Waals surface area contributed by atoms with Crippen molar-refractivity contribution in [3.8, 4) is 0 Å². The van der Waals surface area contributed by atoms with Gasteiger partial charge in [-0.2, -0.15) is 0 Å². The van der Waals surface area contributed by atoms with Gasteiger partial charge in [0, 0.05) is 5.92 Å². The summed E-state index contributed by atoms with van der Waals surface area (Å²) in [5.74, 6) is -0.365. The Balaban J connectivity index is 2.08. The number of hydrogen-bond donors (Lipinski definition) is 0. The van der Waals surface area contributed by atoms with Crippen molar-refractivity contribution in [3.63, 3.8) is 0 Å². The van der Waals surface area contributed by atoms with E-state index >= 15 is 0 Å². The van der Waals surface area contributed by atoms with Crippen LogP contribution in [-0.4, -0.2) is 24.1 Å². The summed E-state index contributed by atoms with van der Waals surface area (Å²) in [7, 11) is 0. The Morgan fingerprint density at radius 2 is 2.16 bits per heavy atom. The zero-order chi connectivity index (χ0) is 14.2. The van der Waals surface area contributed by atoms with Crippen LogP contribution in [0.15, 0.2) is 0 Å². The molecule has 19 heavy (non-hydrogen) atoms. The maximum atomic E-state index is 12.4. The zero-order valence-corrected chi connectivity index (χ0v) is 12.3. The molecule has 0 aromatic rings. The first-order valence-electron chi connectivity index (χ1n) is 7.31. The highest BCUT2D eigenvalue weighted by molar-refractivity contribution is 5.84. The van der Waals surface area contributed by atoms with Gasteiger partial charge >= 0.3 is 11.9 Å². The van der Waals surface area contributed by atoms with Crippen LogP contribution in [0.4, 0.5) is 0 Å². The van der Waals surface area contributed by atoms with Gasteiger partial charge in [-0.3, -0.25) is 4.79 Å². The smallest absolute Gasteiger partial charge is 0.348 e. The van der Waals surface area contributed by atoms with Crippen LogP contribution in [0.5, 0.6) is 0 Å². The molecule has 0 aromatic carbocycles. The molecule has 0 amide bonds. The van der Waals surface area contributed by atoms with Crippen LogP contribution in [0.2, 0.25) is 0 Å². The highest BCUT2D eigenvalue weighted by Gasteiger charge is 2.51. The van der Waals surface area contributed by atoms with Crippen LogP contribution < -0.4 is 0 Å². The fraction of sp³-hybridized carbons (Fsp3) is 0.867. The lowest BCUT2D eigenvalue weighted by atomic mass is 9.77. The molecule has 108 valence electrons. The molecule has 4 heteroatoms. The molecule has 0 bridgehead atoms. The van der Waals surface area contributed by atoms with Gasteiger partial charge in [0.1, 0.15) is 6.10 Å². The van der Waals surface area contributed by atoms with E-state index in [1.165, 1.54) is 0 Å². The molecule has 0 spiro atoms. The number of fused-ring (bicyclic) bond motifs is 1. The van der Waals surface area contributed by atoms with E-state index in [1.54, 1.807) is 0 Å². The number of esters is 2. The minimum atomic E-state index is -0.676. The zero-order valence-electron chi connectivity index (χ0n) is 12.3. The molecule has 1 aliphatic heterocycles. The van der Waals surface area contributed by atoms with E-state index in [2.05, 4.69) is 0 Å². The van der Waals surface area contributed by atoms with Gasteiger partial charge in [0.2, 0.25) is 6.10 Å². The number of carbonyl (C=O) groups excluding carboxylic acids is 2. The monoisotopic (exact) mass is 268 g/mol. The Morgan fingerprint density at radius 3 is 2.74 bits per heavy atom. The molecule has 4 nitrogen and oxygen atoms in total. The average molecular weight is 268 g/mol. The van der Waals surface area contributed by atoms with Crippen LogP contribution in [0.1, 0.15) is 53.4 Å². The molecular weight excluding hydrogens is 244 g/mol. The summed E-state index contributed by atoms with van der Waals surface area (Å²) < 4.78 is 10.8. The van der Waals surface area contributed by atoms with Gasteiger partial charge < -0.3 is 9.47 Å². The van der Waals surface area contributed by atoms with Gasteiger partial charge in [0.15, 0.2) is 0 Å². The highest BCUT2D eigenvalue weighted by Crippen LogP contribution is 2.40. The van der Waals surface area contributed by atoms with Crippen molar-refractivity contribution in [2.24, 2.45) is 17.3 Å². The standard InChI is InChI=1S/C15H24O4/c1-5-15(4,9(2)3)14(17)19-12-10-7-6-8-11(10)18-13(12)16/h9-12H,5-8H2,1-4H3. The van der Waals surface area contributed by atoms with Gasteiger partial charge in [0.25, 0.3) is 0 Å². The Kier molecular flexibility index (Phi) is 3.88. The van der Waals surface area contributed by atoms with Gasteiger partial charge in [-0.05, 0) is 38.5 Å². The summed E-state index contributed by atoms with van der Waals surface area (Å²) >= 11 is 0. The predicted octanol–water partition coefficient (Wildman–Crippen LogP) is 2.70. The van der Waals surface area contributed by atoms with Gasteiger partial charge in [-0.15, -0.1) is 0 Å². The van der Waals surface area contributed by atoms with E-state index in [0.29, 0.717) is 6.42 Å². The fourth-order valence-corrected chi connectivity index (χ4v) is 3.01. The van der Waals surface area contributed by atoms with E-state index in [-0.39, 0.29) is 29.9 Å². The summed E-state index contributed by atoms with van der Waals surface area (Å²) in [4.78, 5) is 24.2. The normalized spacial score (nSPS) is 32.9. The molecule has 0 N–H and O–H groups in total. The Hall–Kier alpha value is -1.06. The topological polar surface area (TPSA) is 52.6 Å². The van der Waals surface area contributed by atoms with E-state index < -0.39 is 11.5 Å². The number of ether oxygens (including phenoxy) is 2.